The van der Waals surface area contributed by atoms with Crippen LogP contribution < -0.4 is 15.5 Å². The summed E-state index contributed by atoms with van der Waals surface area (Å²) in [5.74, 6) is 0.234. The predicted octanol–water partition coefficient (Wildman–Crippen LogP) is 5.63. The lowest BCUT2D eigenvalue weighted by atomic mass is 10.0. The molecule has 3 atom stereocenters. The summed E-state index contributed by atoms with van der Waals surface area (Å²) in [6.45, 7) is 8.65. The van der Waals surface area contributed by atoms with E-state index in [0.29, 0.717) is 28.4 Å². The summed E-state index contributed by atoms with van der Waals surface area (Å²) in [4.78, 5) is 27.1. The zero-order valence-electron chi connectivity index (χ0n) is 21.7. The number of halogens is 4. The predicted molar refractivity (Wildman–Crippen MR) is 136 cm³/mol. The molecule has 1 aliphatic heterocycles. The molecule has 3 unspecified atom stereocenters. The molecule has 0 radical (unpaired) electrons. The minimum Gasteiger partial charge on any atom is -0.444 e. The Morgan fingerprint density at radius 3 is 2.58 bits per heavy atom. The van der Waals surface area contributed by atoms with E-state index in [1.54, 1.807) is 45.6 Å². The molecule has 0 spiro atoms. The number of benzene rings is 1. The summed E-state index contributed by atoms with van der Waals surface area (Å²) >= 11 is 0. The lowest BCUT2D eigenvalue weighted by molar-refractivity contribution is 0.0490. The number of hydrogen-bond acceptors (Lipinski definition) is 7. The highest BCUT2D eigenvalue weighted by molar-refractivity contribution is 5.90. The fourth-order valence-corrected chi connectivity index (χ4v) is 4.32. The molecule has 204 valence electrons. The smallest absolute Gasteiger partial charge is 0.408 e. The monoisotopic (exact) mass is 534 g/mol. The number of nitrogens with one attached hydrogen (secondary N) is 2. The minimum absolute atomic E-state index is 0.00349. The first-order valence-corrected chi connectivity index (χ1v) is 12.2. The molecule has 1 fully saturated rings. The van der Waals surface area contributed by atoms with Gasteiger partial charge in [-0.3, -0.25) is 0 Å². The molecule has 12 heteroatoms. The third-order valence-corrected chi connectivity index (χ3v) is 6.07. The maximum atomic E-state index is 14.8. The largest absolute Gasteiger partial charge is 0.444 e. The third-order valence-electron chi connectivity index (χ3n) is 6.07. The van der Waals surface area contributed by atoms with Crippen LogP contribution in [-0.4, -0.2) is 51.9 Å². The first kappa shape index (κ1) is 27.3. The van der Waals surface area contributed by atoms with Crippen LogP contribution in [0.15, 0.2) is 30.5 Å². The molecule has 2 aromatic heterocycles. The number of fused-ring (bicyclic) bond motifs is 1. The molecule has 1 aromatic carbocycles. The van der Waals surface area contributed by atoms with Gasteiger partial charge in [0.05, 0.1) is 35.9 Å². The Morgan fingerprint density at radius 2 is 1.89 bits per heavy atom. The van der Waals surface area contributed by atoms with Crippen LogP contribution in [0.5, 0.6) is 0 Å². The average Bonchev–Trinajstić information content (AvgIpc) is 3.17. The third kappa shape index (κ3) is 6.05. The summed E-state index contributed by atoms with van der Waals surface area (Å²) in [5.41, 5.74) is -0.818. The number of nitrogens with zero attached hydrogens (tertiary/aromatic N) is 4. The number of alkyl halides is 3. The van der Waals surface area contributed by atoms with E-state index in [0.717, 1.165) is 6.07 Å². The van der Waals surface area contributed by atoms with Gasteiger partial charge in [0.1, 0.15) is 35.1 Å². The Balaban J connectivity index is 1.58. The molecule has 0 saturated carbocycles. The van der Waals surface area contributed by atoms with Gasteiger partial charge in [-0.15, -0.1) is 0 Å². The Kier molecular flexibility index (Phi) is 7.61. The highest BCUT2D eigenvalue weighted by Gasteiger charge is 2.36. The van der Waals surface area contributed by atoms with E-state index in [4.69, 9.17) is 4.74 Å². The fraction of sp³-hybridized carbons (Fsp3) is 0.462. The highest BCUT2D eigenvalue weighted by atomic mass is 19.3. The number of aromatic nitrogens is 3. The standard InChI is InChI=1S/C26H30F4N6O2/c1-13(15-7-6-8-16(22(15)28)23(29)30)32-24-17-9-21(31-10-19(17)33-14(2)34-24)36-11-18(27)20(12-36)35-25(37)38-26(3,4)5/h6-10,13,18,20,23H,11-12H2,1-5H3,(H,35,37)(H,32,33,34). The molecule has 38 heavy (non-hydrogen) atoms. The summed E-state index contributed by atoms with van der Waals surface area (Å²) in [6.07, 6.45) is -3.47. The normalized spacial score (nSPS) is 18.6. The van der Waals surface area contributed by atoms with Gasteiger partial charge in [-0.05, 0) is 40.7 Å². The van der Waals surface area contributed by atoms with Crippen LogP contribution in [0, 0.1) is 12.7 Å². The number of ether oxygens (including phenoxy) is 1. The maximum absolute atomic E-state index is 14.8. The first-order valence-electron chi connectivity index (χ1n) is 12.2. The molecule has 1 saturated heterocycles. The van der Waals surface area contributed by atoms with Crippen molar-refractivity contribution in [1.82, 2.24) is 20.3 Å². The van der Waals surface area contributed by atoms with E-state index < -0.39 is 47.8 Å². The highest BCUT2D eigenvalue weighted by Crippen LogP contribution is 2.32. The molecule has 1 aliphatic rings. The lowest BCUT2D eigenvalue weighted by Gasteiger charge is -2.22. The number of carbonyl (C=O) groups is 1. The Labute approximate surface area is 217 Å². The van der Waals surface area contributed by atoms with Gasteiger partial charge in [0.25, 0.3) is 6.43 Å². The van der Waals surface area contributed by atoms with Gasteiger partial charge in [-0.2, -0.15) is 0 Å². The van der Waals surface area contributed by atoms with Gasteiger partial charge in [-0.1, -0.05) is 18.2 Å². The first-order chi connectivity index (χ1) is 17.8. The van der Waals surface area contributed by atoms with Crippen LogP contribution in [-0.2, 0) is 4.74 Å². The van der Waals surface area contributed by atoms with Gasteiger partial charge in [0.15, 0.2) is 0 Å². The van der Waals surface area contributed by atoms with Crippen molar-refractivity contribution in [2.45, 2.75) is 64.9 Å². The van der Waals surface area contributed by atoms with Crippen molar-refractivity contribution in [2.75, 3.05) is 23.3 Å². The van der Waals surface area contributed by atoms with Gasteiger partial charge in [-0.25, -0.2) is 37.3 Å². The zero-order chi connectivity index (χ0) is 27.8. The maximum Gasteiger partial charge on any atom is 0.408 e. The van der Waals surface area contributed by atoms with E-state index in [1.165, 1.54) is 18.3 Å². The fourth-order valence-electron chi connectivity index (χ4n) is 4.32. The summed E-state index contributed by atoms with van der Waals surface area (Å²) in [5, 5.41) is 6.21. The van der Waals surface area contributed by atoms with Crippen molar-refractivity contribution in [2.24, 2.45) is 0 Å². The van der Waals surface area contributed by atoms with Gasteiger partial charge >= 0.3 is 6.09 Å². The lowest BCUT2D eigenvalue weighted by Crippen LogP contribution is -2.44. The molecular formula is C26H30F4N6O2. The number of amides is 1. The molecule has 3 heterocycles. The van der Waals surface area contributed by atoms with Crippen LogP contribution in [0.25, 0.3) is 10.9 Å². The van der Waals surface area contributed by atoms with E-state index >= 15 is 0 Å². The van der Waals surface area contributed by atoms with Crippen molar-refractivity contribution in [3.05, 3.63) is 53.2 Å². The van der Waals surface area contributed by atoms with Crippen LogP contribution in [0.3, 0.4) is 0 Å². The Bertz CT molecular complexity index is 1330. The minimum atomic E-state index is -2.94. The molecule has 2 N–H and O–H groups in total. The summed E-state index contributed by atoms with van der Waals surface area (Å²) < 4.78 is 61.2. The van der Waals surface area contributed by atoms with Crippen molar-refractivity contribution in [3.63, 3.8) is 0 Å². The van der Waals surface area contributed by atoms with Crippen molar-refractivity contribution in [3.8, 4) is 0 Å². The molecular weight excluding hydrogens is 504 g/mol. The topological polar surface area (TPSA) is 92.3 Å². The molecule has 8 nitrogen and oxygen atoms in total. The van der Waals surface area contributed by atoms with Crippen LogP contribution in [0.2, 0.25) is 0 Å². The number of anilines is 2. The molecule has 4 rings (SSSR count). The Hall–Kier alpha value is -3.70. The second kappa shape index (κ2) is 10.6. The average molecular weight is 535 g/mol. The number of pyridine rings is 1. The van der Waals surface area contributed by atoms with Crippen LogP contribution >= 0.6 is 0 Å². The van der Waals surface area contributed by atoms with Crippen LogP contribution in [0.1, 0.15) is 57.1 Å². The van der Waals surface area contributed by atoms with E-state index in [-0.39, 0.29) is 18.7 Å². The van der Waals surface area contributed by atoms with E-state index in [1.807, 2.05) is 0 Å². The van der Waals surface area contributed by atoms with E-state index in [9.17, 15) is 22.4 Å². The van der Waals surface area contributed by atoms with Gasteiger partial charge < -0.3 is 20.3 Å². The quantitative estimate of drug-likeness (QED) is 0.396. The molecule has 3 aromatic rings. The number of carbonyl (C=O) groups excluding carboxylic acids is 1. The molecule has 0 bridgehead atoms. The number of rotatable bonds is 6. The van der Waals surface area contributed by atoms with Crippen LogP contribution in [0.4, 0.5) is 34.0 Å². The SMILES string of the molecule is Cc1nc(NC(C)c2cccc(C(F)F)c2F)c2cc(N3CC(F)C(NC(=O)OC(C)(C)C)C3)ncc2n1. The second-order valence-corrected chi connectivity index (χ2v) is 10.3. The van der Waals surface area contributed by atoms with Gasteiger partial charge in [0, 0.05) is 17.5 Å². The summed E-state index contributed by atoms with van der Waals surface area (Å²) in [7, 11) is 0. The Morgan fingerprint density at radius 1 is 1.18 bits per heavy atom. The number of hydrogen-bond donors (Lipinski definition) is 2. The van der Waals surface area contributed by atoms with Crippen molar-refractivity contribution >= 4 is 28.6 Å². The molecule has 0 aliphatic carbocycles. The van der Waals surface area contributed by atoms with Crippen molar-refractivity contribution < 1.29 is 27.1 Å². The summed E-state index contributed by atoms with van der Waals surface area (Å²) in [6, 6.07) is 4.05. The van der Waals surface area contributed by atoms with E-state index in [2.05, 4.69) is 25.6 Å². The number of aryl methyl sites for hydroxylation is 1. The molecule has 1 amide bonds. The zero-order valence-corrected chi connectivity index (χ0v) is 21.7. The van der Waals surface area contributed by atoms with Gasteiger partial charge in [0.2, 0.25) is 0 Å². The second-order valence-electron chi connectivity index (χ2n) is 10.3. The van der Waals surface area contributed by atoms with Crippen molar-refractivity contribution in [1.29, 1.82) is 0 Å². The number of alkyl carbamates (subject to hydrolysis) is 1.